The lowest BCUT2D eigenvalue weighted by molar-refractivity contribution is -0.121. The van der Waals surface area contributed by atoms with Gasteiger partial charge in [0, 0.05) is 32.0 Å². The normalized spacial score (nSPS) is 28.6. The van der Waals surface area contributed by atoms with Gasteiger partial charge < -0.3 is 10.1 Å². The van der Waals surface area contributed by atoms with Crippen molar-refractivity contribution in [3.8, 4) is 5.75 Å². The summed E-state index contributed by atoms with van der Waals surface area (Å²) in [4.78, 5) is 12.0. The number of sulfonamides is 1. The predicted octanol–water partition coefficient (Wildman–Crippen LogP) is 1.69. The first-order valence-electron chi connectivity index (χ1n) is 8.87. The molecule has 0 saturated carbocycles. The quantitative estimate of drug-likeness (QED) is 0.866. The molecular weight excluding hydrogens is 340 g/mol. The summed E-state index contributed by atoms with van der Waals surface area (Å²) in [6, 6.07) is 5.25. The van der Waals surface area contributed by atoms with Crippen molar-refractivity contribution in [3.63, 3.8) is 0 Å². The van der Waals surface area contributed by atoms with E-state index >= 15 is 0 Å². The Bertz CT molecular complexity index is 818. The van der Waals surface area contributed by atoms with Crippen molar-refractivity contribution in [1.82, 2.24) is 9.62 Å². The Labute approximate surface area is 148 Å². The number of nitrogens with zero attached hydrogens (tertiary/aromatic N) is 1. The predicted molar refractivity (Wildman–Crippen MR) is 92.9 cm³/mol. The van der Waals surface area contributed by atoms with Gasteiger partial charge >= 0.3 is 0 Å². The maximum Gasteiger partial charge on any atom is 0.246 e. The molecule has 3 heterocycles. The molecule has 0 radical (unpaired) electrons. The molecule has 2 unspecified atom stereocenters. The van der Waals surface area contributed by atoms with Gasteiger partial charge in [0.15, 0.2) is 0 Å². The van der Waals surface area contributed by atoms with Crippen LogP contribution in [0.2, 0.25) is 0 Å². The third kappa shape index (κ3) is 2.93. The van der Waals surface area contributed by atoms with Gasteiger partial charge in [0.2, 0.25) is 15.9 Å². The number of ether oxygens (including phenoxy) is 1. The molecule has 0 aromatic heterocycles. The van der Waals surface area contributed by atoms with Gasteiger partial charge in [-0.3, -0.25) is 4.79 Å². The number of hydrogen-bond acceptors (Lipinski definition) is 4. The molecule has 25 heavy (non-hydrogen) atoms. The molecular formula is C18H24N2O4S. The fraction of sp³-hybridized carbons (Fsp3) is 0.611. The molecule has 6 nitrogen and oxygen atoms in total. The molecule has 136 valence electrons. The second kappa shape index (κ2) is 5.71. The molecule has 1 aromatic rings. The lowest BCUT2D eigenvalue weighted by Gasteiger charge is -2.21. The highest BCUT2D eigenvalue weighted by Crippen LogP contribution is 2.41. The summed E-state index contributed by atoms with van der Waals surface area (Å²) in [5.41, 5.74) is 0.548. The number of hydrogen-bond donors (Lipinski definition) is 1. The summed E-state index contributed by atoms with van der Waals surface area (Å²) in [6.07, 6.45) is 2.94. The van der Waals surface area contributed by atoms with E-state index in [4.69, 9.17) is 4.74 Å². The highest BCUT2D eigenvalue weighted by atomic mass is 32.2. The lowest BCUT2D eigenvalue weighted by atomic mass is 9.99. The molecule has 4 rings (SSSR count). The Morgan fingerprint density at radius 2 is 2.08 bits per heavy atom. The van der Waals surface area contributed by atoms with Crippen LogP contribution in [-0.4, -0.2) is 43.4 Å². The van der Waals surface area contributed by atoms with E-state index in [1.165, 1.54) is 4.31 Å². The molecule has 2 atom stereocenters. The van der Waals surface area contributed by atoms with Crippen LogP contribution in [0.3, 0.4) is 0 Å². The van der Waals surface area contributed by atoms with Gasteiger partial charge in [0.25, 0.3) is 0 Å². The first kappa shape index (κ1) is 16.8. The van der Waals surface area contributed by atoms with Crippen LogP contribution in [0.5, 0.6) is 5.75 Å². The Morgan fingerprint density at radius 3 is 2.88 bits per heavy atom. The second-order valence-electron chi connectivity index (χ2n) is 7.93. The van der Waals surface area contributed by atoms with Crippen LogP contribution in [0, 0.1) is 5.92 Å². The summed E-state index contributed by atoms with van der Waals surface area (Å²) >= 11 is 0. The number of fused-ring (bicyclic) bond motifs is 2. The first-order valence-corrected chi connectivity index (χ1v) is 10.3. The molecule has 1 amide bonds. The fourth-order valence-electron chi connectivity index (χ4n) is 4.22. The molecule has 0 spiro atoms. The highest BCUT2D eigenvalue weighted by molar-refractivity contribution is 7.89. The van der Waals surface area contributed by atoms with E-state index in [-0.39, 0.29) is 22.8 Å². The summed E-state index contributed by atoms with van der Waals surface area (Å²) in [5.74, 6) is 0.705. The molecule has 2 saturated heterocycles. The topological polar surface area (TPSA) is 75.7 Å². The second-order valence-corrected chi connectivity index (χ2v) is 9.84. The van der Waals surface area contributed by atoms with Crippen molar-refractivity contribution in [1.29, 1.82) is 0 Å². The van der Waals surface area contributed by atoms with Crippen LogP contribution < -0.4 is 10.1 Å². The number of para-hydroxylation sites is 1. The molecule has 2 fully saturated rings. The van der Waals surface area contributed by atoms with Gasteiger partial charge in [0.05, 0.1) is 0 Å². The zero-order valence-electron chi connectivity index (χ0n) is 14.6. The van der Waals surface area contributed by atoms with Crippen molar-refractivity contribution < 1.29 is 17.9 Å². The Kier molecular flexibility index (Phi) is 3.85. The van der Waals surface area contributed by atoms with E-state index in [1.807, 2.05) is 19.9 Å². The van der Waals surface area contributed by atoms with E-state index in [2.05, 4.69) is 5.32 Å². The molecule has 0 aliphatic carbocycles. The van der Waals surface area contributed by atoms with E-state index in [0.29, 0.717) is 31.7 Å². The van der Waals surface area contributed by atoms with Crippen LogP contribution >= 0.6 is 0 Å². The third-order valence-corrected chi connectivity index (χ3v) is 7.26. The van der Waals surface area contributed by atoms with Crippen molar-refractivity contribution >= 4 is 15.9 Å². The molecule has 1 N–H and O–H groups in total. The monoisotopic (exact) mass is 364 g/mol. The third-order valence-electron chi connectivity index (χ3n) is 5.41. The van der Waals surface area contributed by atoms with Crippen LogP contribution in [0.1, 0.15) is 38.7 Å². The Hall–Kier alpha value is -1.60. The summed E-state index contributed by atoms with van der Waals surface area (Å²) in [5, 5.41) is 2.98. The van der Waals surface area contributed by atoms with E-state index < -0.39 is 15.6 Å². The van der Waals surface area contributed by atoms with E-state index in [1.54, 1.807) is 12.1 Å². The summed E-state index contributed by atoms with van der Waals surface area (Å²) < 4.78 is 34.0. The molecule has 1 aromatic carbocycles. The minimum absolute atomic E-state index is 0.0254. The zero-order chi connectivity index (χ0) is 17.8. The average Bonchev–Trinajstić information content (AvgIpc) is 3.01. The minimum Gasteiger partial charge on any atom is -0.486 e. The number of carbonyl (C=O) groups is 1. The van der Waals surface area contributed by atoms with Crippen molar-refractivity contribution in [3.05, 3.63) is 23.8 Å². The number of carbonyl (C=O) groups excluding carboxylic acids is 1. The van der Waals surface area contributed by atoms with Gasteiger partial charge in [-0.2, -0.15) is 4.31 Å². The zero-order valence-corrected chi connectivity index (χ0v) is 15.4. The van der Waals surface area contributed by atoms with Crippen molar-refractivity contribution in [2.24, 2.45) is 5.92 Å². The van der Waals surface area contributed by atoms with Gasteiger partial charge in [0.1, 0.15) is 16.2 Å². The van der Waals surface area contributed by atoms with Crippen molar-refractivity contribution in [2.75, 3.05) is 13.1 Å². The van der Waals surface area contributed by atoms with Crippen LogP contribution in [0.15, 0.2) is 23.1 Å². The number of benzene rings is 1. The molecule has 3 aliphatic rings. The van der Waals surface area contributed by atoms with E-state index in [0.717, 1.165) is 18.4 Å². The van der Waals surface area contributed by atoms with Gasteiger partial charge in [-0.05, 0) is 44.2 Å². The molecule has 0 bridgehead atoms. The van der Waals surface area contributed by atoms with E-state index in [9.17, 15) is 13.2 Å². The summed E-state index contributed by atoms with van der Waals surface area (Å²) in [6.45, 7) is 4.73. The maximum absolute atomic E-state index is 13.2. The van der Waals surface area contributed by atoms with Crippen LogP contribution in [0.25, 0.3) is 0 Å². The largest absolute Gasteiger partial charge is 0.486 e. The van der Waals surface area contributed by atoms with Gasteiger partial charge in [-0.1, -0.05) is 12.1 Å². The lowest BCUT2D eigenvalue weighted by Crippen LogP contribution is -2.39. The smallest absolute Gasteiger partial charge is 0.246 e. The van der Waals surface area contributed by atoms with Gasteiger partial charge in [-0.15, -0.1) is 0 Å². The number of amides is 1. The number of rotatable bonds is 2. The molecule has 7 heteroatoms. The number of nitrogens with one attached hydrogen (secondary N) is 1. The van der Waals surface area contributed by atoms with Gasteiger partial charge in [-0.25, -0.2) is 8.42 Å². The maximum atomic E-state index is 13.2. The standard InChI is InChI=1S/C18H24N2O4S/c1-18(2)9-12-5-3-7-15(17(12)24-18)25(22,23)20-10-13-6-4-8-16(21)19-14(13)11-20/h3,5,7,13-14H,4,6,8-11H2,1-2H3,(H,19,21). The Morgan fingerprint density at radius 1 is 1.28 bits per heavy atom. The molecule has 3 aliphatic heterocycles. The van der Waals surface area contributed by atoms with Crippen LogP contribution in [0.4, 0.5) is 0 Å². The van der Waals surface area contributed by atoms with Crippen LogP contribution in [-0.2, 0) is 21.2 Å². The average molecular weight is 364 g/mol. The SMILES string of the molecule is CC1(C)Cc2cccc(S(=O)(=O)N3CC4CCCC(=O)NC4C3)c2O1. The minimum atomic E-state index is -3.64. The fourth-order valence-corrected chi connectivity index (χ4v) is 5.90. The first-order chi connectivity index (χ1) is 11.8. The Balaban J connectivity index is 1.64. The highest BCUT2D eigenvalue weighted by Gasteiger charge is 2.43. The summed E-state index contributed by atoms with van der Waals surface area (Å²) in [7, 11) is -3.64. The van der Waals surface area contributed by atoms with Crippen molar-refractivity contribution in [2.45, 2.75) is 56.1 Å².